The third-order valence-electron chi connectivity index (χ3n) is 8.57. The number of hydrogen-bond acceptors (Lipinski definition) is 6. The van der Waals surface area contributed by atoms with Gasteiger partial charge in [-0.1, -0.05) is 6.07 Å². The number of phenolic OH excluding ortho intramolecular Hbond substituents is 1. The number of likely N-dealkylation sites (tertiary alicyclic amines) is 1. The fraction of sp³-hybridized carbons (Fsp3) is 0.640. The van der Waals surface area contributed by atoms with Gasteiger partial charge in [-0.15, -0.1) is 0 Å². The quantitative estimate of drug-likeness (QED) is 0.460. The molecular weight excluding hydrogens is 408 g/mol. The Balaban J connectivity index is 1.42. The van der Waals surface area contributed by atoms with Crippen molar-refractivity contribution in [1.29, 1.82) is 0 Å². The summed E-state index contributed by atoms with van der Waals surface area (Å²) < 4.78 is 11.5. The molecule has 2 bridgehead atoms. The number of aliphatic hydroxyl groups is 1. The normalized spacial score (nSPS) is 36.0. The van der Waals surface area contributed by atoms with E-state index in [1.165, 1.54) is 18.4 Å². The Hall–Kier alpha value is -2.09. The van der Waals surface area contributed by atoms with Crippen molar-refractivity contribution in [1.82, 2.24) is 10.2 Å². The molecule has 0 aromatic heterocycles. The molecule has 172 valence electrons. The van der Waals surface area contributed by atoms with Gasteiger partial charge in [0.1, 0.15) is 6.10 Å². The summed E-state index contributed by atoms with van der Waals surface area (Å²) in [5, 5.41) is 25.9. The van der Waals surface area contributed by atoms with Gasteiger partial charge in [0.05, 0.1) is 17.6 Å². The number of amides is 1. The predicted molar refractivity (Wildman–Crippen MR) is 118 cm³/mol. The Morgan fingerprint density at radius 3 is 3.00 bits per heavy atom. The number of ether oxygens (including phenoxy) is 2. The van der Waals surface area contributed by atoms with Gasteiger partial charge in [0, 0.05) is 37.9 Å². The van der Waals surface area contributed by atoms with Gasteiger partial charge >= 0.3 is 0 Å². The molecule has 1 amide bonds. The number of nitrogens with zero attached hydrogens (tertiary/aromatic N) is 1. The van der Waals surface area contributed by atoms with Gasteiger partial charge in [-0.25, -0.2) is 0 Å². The van der Waals surface area contributed by atoms with Crippen LogP contribution < -0.4 is 10.1 Å². The average molecular weight is 441 g/mol. The summed E-state index contributed by atoms with van der Waals surface area (Å²) in [5.74, 6) is 1.22. The Kier molecular flexibility index (Phi) is 4.62. The second-order valence-corrected chi connectivity index (χ2v) is 10.3. The zero-order valence-corrected chi connectivity index (χ0v) is 18.6. The highest BCUT2D eigenvalue weighted by molar-refractivity contribution is 5.88. The van der Waals surface area contributed by atoms with Gasteiger partial charge < -0.3 is 25.0 Å². The first-order valence-electron chi connectivity index (χ1n) is 11.9. The highest BCUT2D eigenvalue weighted by Crippen LogP contribution is 2.66. The number of nitrogens with one attached hydrogen (secondary N) is 1. The second kappa shape index (κ2) is 7.20. The van der Waals surface area contributed by atoms with Crippen LogP contribution in [-0.4, -0.2) is 72.1 Å². The molecule has 2 heterocycles. The van der Waals surface area contributed by atoms with Crippen molar-refractivity contribution in [3.63, 3.8) is 0 Å². The third-order valence-corrected chi connectivity index (χ3v) is 8.57. The lowest BCUT2D eigenvalue weighted by Crippen LogP contribution is -2.75. The van der Waals surface area contributed by atoms with Crippen LogP contribution in [0.1, 0.15) is 43.2 Å². The Labute approximate surface area is 188 Å². The molecule has 1 saturated heterocycles. The number of carbonyl (C=O) groups excluding carboxylic acids is 1. The van der Waals surface area contributed by atoms with E-state index in [9.17, 15) is 15.0 Å². The zero-order valence-electron chi connectivity index (χ0n) is 18.6. The molecule has 7 nitrogen and oxygen atoms in total. The number of rotatable bonds is 6. The predicted octanol–water partition coefficient (Wildman–Crippen LogP) is 1.65. The lowest BCUT2D eigenvalue weighted by Gasteiger charge is -2.63. The van der Waals surface area contributed by atoms with Crippen molar-refractivity contribution in [2.24, 2.45) is 5.92 Å². The molecule has 5 aliphatic rings. The lowest BCUT2D eigenvalue weighted by molar-refractivity contribution is -0.174. The molecule has 2 aliphatic heterocycles. The third kappa shape index (κ3) is 2.74. The average Bonchev–Trinajstić information content (AvgIpc) is 3.51. The van der Waals surface area contributed by atoms with E-state index in [1.54, 1.807) is 19.3 Å². The van der Waals surface area contributed by atoms with Gasteiger partial charge in [0.25, 0.3) is 0 Å². The number of aromatic hydroxyl groups is 1. The SMILES string of the molecule is COCCNC(=O)/C=C1\CC[C@@]2(O)[C@H]3Cc4ccc(O)c5c4[C@@]2(CCN3CC2CC2)[C@H]1O5. The number of carbonyl (C=O) groups is 1. The fourth-order valence-electron chi connectivity index (χ4n) is 6.98. The Morgan fingerprint density at radius 2 is 2.22 bits per heavy atom. The number of piperidine rings is 1. The second-order valence-electron chi connectivity index (χ2n) is 10.3. The largest absolute Gasteiger partial charge is 0.504 e. The first-order valence-corrected chi connectivity index (χ1v) is 11.9. The monoisotopic (exact) mass is 440 g/mol. The van der Waals surface area contributed by atoms with Crippen LogP contribution in [0.2, 0.25) is 0 Å². The molecule has 1 aromatic carbocycles. The van der Waals surface area contributed by atoms with Crippen molar-refractivity contribution in [3.05, 3.63) is 34.9 Å². The summed E-state index contributed by atoms with van der Waals surface area (Å²) in [7, 11) is 1.61. The lowest BCUT2D eigenvalue weighted by atomic mass is 9.48. The molecule has 3 aliphatic carbocycles. The van der Waals surface area contributed by atoms with E-state index in [4.69, 9.17) is 9.47 Å². The van der Waals surface area contributed by atoms with Gasteiger partial charge in [-0.3, -0.25) is 9.69 Å². The van der Waals surface area contributed by atoms with Crippen LogP contribution >= 0.6 is 0 Å². The van der Waals surface area contributed by atoms with E-state index in [0.717, 1.165) is 43.0 Å². The van der Waals surface area contributed by atoms with Crippen LogP contribution in [-0.2, 0) is 21.4 Å². The van der Waals surface area contributed by atoms with E-state index in [1.807, 2.05) is 6.07 Å². The molecule has 32 heavy (non-hydrogen) atoms. The first-order chi connectivity index (χ1) is 15.5. The van der Waals surface area contributed by atoms with E-state index < -0.39 is 17.1 Å². The highest BCUT2D eigenvalue weighted by atomic mass is 16.5. The van der Waals surface area contributed by atoms with E-state index in [-0.39, 0.29) is 17.7 Å². The molecule has 3 N–H and O–H groups in total. The molecular formula is C25H32N2O5. The molecule has 6 rings (SSSR count). The Morgan fingerprint density at radius 1 is 1.38 bits per heavy atom. The number of methoxy groups -OCH3 is 1. The smallest absolute Gasteiger partial charge is 0.244 e. The minimum atomic E-state index is -0.930. The molecule has 1 spiro atoms. The maximum atomic E-state index is 12.6. The van der Waals surface area contributed by atoms with Crippen LogP contribution in [0.25, 0.3) is 0 Å². The molecule has 2 saturated carbocycles. The van der Waals surface area contributed by atoms with Crippen molar-refractivity contribution in [2.45, 2.75) is 61.7 Å². The van der Waals surface area contributed by atoms with E-state index in [2.05, 4.69) is 10.2 Å². The minimum absolute atomic E-state index is 0.0445. The van der Waals surface area contributed by atoms with Crippen LogP contribution in [0.5, 0.6) is 11.5 Å². The standard InChI is InChI=1S/C25H32N2O5/c1-31-11-9-26-20(29)13-17-6-7-25(30)19-12-16-4-5-18(28)22-21(16)24(25,23(17)32-22)8-10-27(19)14-15-2-3-15/h4-5,13,15,19,23,28,30H,2-3,6-12,14H2,1H3,(H,26,29)/b17-13+/t19-,23+,24+,25-/m1/s1. The summed E-state index contributed by atoms with van der Waals surface area (Å²) in [4.78, 5) is 15.1. The fourth-order valence-corrected chi connectivity index (χ4v) is 6.98. The van der Waals surface area contributed by atoms with Gasteiger partial charge in [0.2, 0.25) is 5.91 Å². The Bertz CT molecular complexity index is 989. The summed E-state index contributed by atoms with van der Waals surface area (Å²) in [5.41, 5.74) is 1.51. The van der Waals surface area contributed by atoms with Crippen molar-refractivity contribution in [3.8, 4) is 11.5 Å². The van der Waals surface area contributed by atoms with Gasteiger partial charge in [-0.05, 0) is 68.2 Å². The zero-order chi connectivity index (χ0) is 22.1. The number of phenols is 1. The maximum Gasteiger partial charge on any atom is 0.244 e. The van der Waals surface area contributed by atoms with E-state index in [0.29, 0.717) is 31.7 Å². The van der Waals surface area contributed by atoms with Gasteiger partial charge in [-0.2, -0.15) is 0 Å². The van der Waals surface area contributed by atoms with Crippen molar-refractivity contribution >= 4 is 5.91 Å². The van der Waals surface area contributed by atoms with Crippen molar-refractivity contribution in [2.75, 3.05) is 33.4 Å². The van der Waals surface area contributed by atoms with Crippen LogP contribution in [0.15, 0.2) is 23.8 Å². The summed E-state index contributed by atoms with van der Waals surface area (Å²) >= 11 is 0. The van der Waals surface area contributed by atoms with Gasteiger partial charge in [0.15, 0.2) is 11.5 Å². The van der Waals surface area contributed by atoms with Crippen LogP contribution in [0.4, 0.5) is 0 Å². The maximum absolute atomic E-state index is 12.6. The van der Waals surface area contributed by atoms with Crippen LogP contribution in [0, 0.1) is 5.92 Å². The first kappa shape index (κ1) is 20.5. The molecule has 0 radical (unpaired) electrons. The molecule has 3 fully saturated rings. The minimum Gasteiger partial charge on any atom is -0.504 e. The summed E-state index contributed by atoms with van der Waals surface area (Å²) in [6.07, 6.45) is 6.56. The molecule has 7 heteroatoms. The molecule has 4 atom stereocenters. The summed E-state index contributed by atoms with van der Waals surface area (Å²) in [6, 6.07) is 3.77. The van der Waals surface area contributed by atoms with E-state index >= 15 is 0 Å². The summed E-state index contributed by atoms with van der Waals surface area (Å²) in [6.45, 7) is 2.87. The molecule has 0 unspecified atom stereocenters. The van der Waals surface area contributed by atoms with Crippen LogP contribution in [0.3, 0.4) is 0 Å². The highest BCUT2D eigenvalue weighted by Gasteiger charge is 2.72. The van der Waals surface area contributed by atoms with Crippen molar-refractivity contribution < 1.29 is 24.5 Å². The molecule has 1 aromatic rings. The number of benzene rings is 1. The number of hydrogen-bond donors (Lipinski definition) is 3. The topological polar surface area (TPSA) is 91.3 Å².